The van der Waals surface area contributed by atoms with Crippen molar-refractivity contribution in [2.45, 2.75) is 6.54 Å². The molecule has 19 heavy (non-hydrogen) atoms. The molecule has 0 aliphatic rings. The monoisotopic (exact) mass is 264 g/mol. The van der Waals surface area contributed by atoms with E-state index >= 15 is 0 Å². The van der Waals surface area contributed by atoms with Gasteiger partial charge in [-0.25, -0.2) is 0 Å². The van der Waals surface area contributed by atoms with Crippen molar-refractivity contribution in [1.82, 2.24) is 5.16 Å². The number of nitrogens with zero attached hydrogens (tertiary/aromatic N) is 3. The standard InChI is InChI=1S/C10H8N4O5/c15-13(16)8-1-2-9(10(5-8)14(17)18)11-6-7-3-4-19-12-7/h1-5,11H,6H2. The minimum atomic E-state index is -0.686. The van der Waals surface area contributed by atoms with Crippen LogP contribution in [0.2, 0.25) is 0 Å². The SMILES string of the molecule is O=[N+]([O-])c1ccc(NCc2ccon2)c([N+](=O)[O-])c1. The summed E-state index contributed by atoms with van der Waals surface area (Å²) >= 11 is 0. The molecule has 98 valence electrons. The number of rotatable bonds is 5. The van der Waals surface area contributed by atoms with E-state index in [-0.39, 0.29) is 23.6 Å². The molecule has 2 aromatic rings. The maximum atomic E-state index is 10.9. The molecule has 1 N–H and O–H groups in total. The summed E-state index contributed by atoms with van der Waals surface area (Å²) in [6.07, 6.45) is 1.38. The van der Waals surface area contributed by atoms with Crippen molar-refractivity contribution in [3.8, 4) is 0 Å². The lowest BCUT2D eigenvalue weighted by Crippen LogP contribution is -2.03. The first-order chi connectivity index (χ1) is 9.08. The summed E-state index contributed by atoms with van der Waals surface area (Å²) in [5, 5.41) is 27.9. The fourth-order valence-electron chi connectivity index (χ4n) is 1.45. The Labute approximate surface area is 106 Å². The van der Waals surface area contributed by atoms with Gasteiger partial charge in [0, 0.05) is 12.1 Å². The molecule has 9 heteroatoms. The van der Waals surface area contributed by atoms with Crippen molar-refractivity contribution < 1.29 is 14.4 Å². The Morgan fingerprint density at radius 2 is 2.00 bits per heavy atom. The zero-order chi connectivity index (χ0) is 13.8. The second kappa shape index (κ2) is 5.12. The first-order valence-electron chi connectivity index (χ1n) is 5.14. The molecule has 0 saturated carbocycles. The minimum Gasteiger partial charge on any atom is -0.374 e. The van der Waals surface area contributed by atoms with Crippen LogP contribution in [0.1, 0.15) is 5.69 Å². The first kappa shape index (κ1) is 12.5. The highest BCUT2D eigenvalue weighted by Crippen LogP contribution is 2.29. The molecule has 1 aromatic heterocycles. The molecule has 9 nitrogen and oxygen atoms in total. The second-order valence-corrected chi connectivity index (χ2v) is 3.56. The molecule has 1 aromatic carbocycles. The number of aromatic nitrogens is 1. The third kappa shape index (κ3) is 2.83. The van der Waals surface area contributed by atoms with E-state index in [1.54, 1.807) is 6.07 Å². The van der Waals surface area contributed by atoms with Gasteiger partial charge in [-0.05, 0) is 6.07 Å². The Bertz CT molecular complexity index is 610. The van der Waals surface area contributed by atoms with E-state index in [1.165, 1.54) is 18.4 Å². The smallest absolute Gasteiger partial charge is 0.299 e. The van der Waals surface area contributed by atoms with Gasteiger partial charge in [-0.3, -0.25) is 20.2 Å². The zero-order valence-corrected chi connectivity index (χ0v) is 9.48. The highest BCUT2D eigenvalue weighted by Gasteiger charge is 2.19. The van der Waals surface area contributed by atoms with Crippen molar-refractivity contribution in [2.24, 2.45) is 0 Å². The number of hydrogen-bond acceptors (Lipinski definition) is 7. The van der Waals surface area contributed by atoms with Crippen molar-refractivity contribution >= 4 is 17.1 Å². The molecule has 0 aliphatic heterocycles. The van der Waals surface area contributed by atoms with Crippen LogP contribution in [0.3, 0.4) is 0 Å². The molecule has 1 heterocycles. The number of non-ortho nitro benzene ring substituents is 1. The van der Waals surface area contributed by atoms with Crippen LogP contribution in [0.15, 0.2) is 35.1 Å². The van der Waals surface area contributed by atoms with Gasteiger partial charge in [0.1, 0.15) is 17.6 Å². The third-order valence-corrected chi connectivity index (χ3v) is 2.34. The number of anilines is 1. The van der Waals surface area contributed by atoms with Crippen molar-refractivity contribution in [3.63, 3.8) is 0 Å². The quantitative estimate of drug-likeness (QED) is 0.647. The summed E-state index contributed by atoms with van der Waals surface area (Å²) in [5.41, 5.74) is 0.0441. The largest absolute Gasteiger partial charge is 0.374 e. The molecular formula is C10H8N4O5. The van der Waals surface area contributed by atoms with Gasteiger partial charge >= 0.3 is 0 Å². The van der Waals surface area contributed by atoms with Crippen LogP contribution in [0.25, 0.3) is 0 Å². The molecule has 0 spiro atoms. The van der Waals surface area contributed by atoms with Crippen molar-refractivity contribution in [3.05, 3.63) is 56.5 Å². The van der Waals surface area contributed by atoms with E-state index in [2.05, 4.69) is 15.0 Å². The fraction of sp³-hybridized carbons (Fsp3) is 0.100. The van der Waals surface area contributed by atoms with Crippen LogP contribution in [-0.4, -0.2) is 15.0 Å². The summed E-state index contributed by atoms with van der Waals surface area (Å²) in [6, 6.07) is 4.99. The Hall–Kier alpha value is -2.97. The Balaban J connectivity index is 2.24. The highest BCUT2D eigenvalue weighted by atomic mass is 16.6. The van der Waals surface area contributed by atoms with Crippen molar-refractivity contribution in [2.75, 3.05) is 5.32 Å². The average Bonchev–Trinajstić information content (AvgIpc) is 2.89. The molecule has 0 aliphatic carbocycles. The van der Waals surface area contributed by atoms with E-state index in [0.29, 0.717) is 5.69 Å². The lowest BCUT2D eigenvalue weighted by Gasteiger charge is -2.04. The number of hydrogen-bond donors (Lipinski definition) is 1. The lowest BCUT2D eigenvalue weighted by molar-refractivity contribution is -0.393. The van der Waals surface area contributed by atoms with Crippen LogP contribution in [-0.2, 0) is 6.54 Å². The molecule has 0 bridgehead atoms. The minimum absolute atomic E-state index is 0.179. The maximum absolute atomic E-state index is 10.9. The van der Waals surface area contributed by atoms with Gasteiger partial charge in [0.15, 0.2) is 0 Å². The Morgan fingerprint density at radius 3 is 2.58 bits per heavy atom. The van der Waals surface area contributed by atoms with Gasteiger partial charge in [0.2, 0.25) is 0 Å². The Kier molecular flexibility index (Phi) is 3.37. The van der Waals surface area contributed by atoms with E-state index in [4.69, 9.17) is 0 Å². The number of nitro benzene ring substituents is 2. The molecule has 2 rings (SSSR count). The number of nitrogens with one attached hydrogen (secondary N) is 1. The molecule has 0 radical (unpaired) electrons. The third-order valence-electron chi connectivity index (χ3n) is 2.34. The van der Waals surface area contributed by atoms with E-state index in [1.807, 2.05) is 0 Å². The van der Waals surface area contributed by atoms with Gasteiger partial charge < -0.3 is 9.84 Å². The van der Waals surface area contributed by atoms with E-state index in [9.17, 15) is 20.2 Å². The van der Waals surface area contributed by atoms with Gasteiger partial charge in [-0.15, -0.1) is 0 Å². The predicted molar refractivity (Wildman–Crippen MR) is 63.6 cm³/mol. The second-order valence-electron chi connectivity index (χ2n) is 3.56. The summed E-state index contributed by atoms with van der Waals surface area (Å²) < 4.78 is 4.62. The average molecular weight is 264 g/mol. The molecule has 0 saturated heterocycles. The van der Waals surface area contributed by atoms with Crippen LogP contribution >= 0.6 is 0 Å². The van der Waals surface area contributed by atoms with Crippen LogP contribution in [0, 0.1) is 20.2 Å². The number of nitro groups is 2. The summed E-state index contributed by atoms with van der Waals surface area (Å²) in [6.45, 7) is 0.217. The zero-order valence-electron chi connectivity index (χ0n) is 9.48. The Morgan fingerprint density at radius 1 is 1.21 bits per heavy atom. The molecule has 0 fully saturated rings. The fourth-order valence-corrected chi connectivity index (χ4v) is 1.45. The highest BCUT2D eigenvalue weighted by molar-refractivity contribution is 5.65. The molecule has 0 unspecified atom stereocenters. The van der Waals surface area contributed by atoms with Crippen LogP contribution in [0.5, 0.6) is 0 Å². The molecule has 0 atom stereocenters. The van der Waals surface area contributed by atoms with Gasteiger partial charge in [-0.2, -0.15) is 0 Å². The molecular weight excluding hydrogens is 256 g/mol. The van der Waals surface area contributed by atoms with Crippen LogP contribution in [0.4, 0.5) is 17.1 Å². The van der Waals surface area contributed by atoms with Gasteiger partial charge in [-0.1, -0.05) is 5.16 Å². The van der Waals surface area contributed by atoms with Gasteiger partial charge in [0.25, 0.3) is 11.4 Å². The van der Waals surface area contributed by atoms with E-state index < -0.39 is 9.85 Å². The predicted octanol–water partition coefficient (Wildman–Crippen LogP) is 2.10. The summed E-state index contributed by atoms with van der Waals surface area (Å²) in [4.78, 5) is 20.1. The van der Waals surface area contributed by atoms with Gasteiger partial charge in [0.05, 0.1) is 22.5 Å². The summed E-state index contributed by atoms with van der Waals surface area (Å²) in [5.74, 6) is 0. The van der Waals surface area contributed by atoms with Crippen molar-refractivity contribution in [1.29, 1.82) is 0 Å². The lowest BCUT2D eigenvalue weighted by atomic mass is 10.2. The van der Waals surface area contributed by atoms with E-state index in [0.717, 1.165) is 6.07 Å². The van der Waals surface area contributed by atoms with Crippen LogP contribution < -0.4 is 5.32 Å². The molecule has 0 amide bonds. The number of benzene rings is 1. The topological polar surface area (TPSA) is 124 Å². The normalized spacial score (nSPS) is 10.1. The maximum Gasteiger partial charge on any atom is 0.299 e. The first-order valence-corrected chi connectivity index (χ1v) is 5.14. The summed E-state index contributed by atoms with van der Waals surface area (Å²) in [7, 11) is 0.